The number of rotatable bonds is 12. The number of carbonyl (C=O) groups is 1. The summed E-state index contributed by atoms with van der Waals surface area (Å²) in [6, 6.07) is 0. The van der Waals surface area contributed by atoms with Crippen LogP contribution in [0.25, 0.3) is 0 Å². The molecule has 0 rings (SSSR count). The quantitative estimate of drug-likeness (QED) is 0.276. The molecule has 0 aliphatic carbocycles. The number of hydrogen-bond acceptors (Lipinski definition) is 2. The number of hydrogen-bond donors (Lipinski definition) is 0. The van der Waals surface area contributed by atoms with Crippen molar-refractivity contribution in [2.24, 2.45) is 0 Å². The van der Waals surface area contributed by atoms with Gasteiger partial charge in [0.25, 0.3) is 0 Å². The molecule has 0 fully saturated rings. The first-order chi connectivity index (χ1) is 9.31. The molecule has 0 aliphatic rings. The maximum absolute atomic E-state index is 11.3. The first kappa shape index (κ1) is 17.9. The summed E-state index contributed by atoms with van der Waals surface area (Å²) in [5, 5.41) is 0. The van der Waals surface area contributed by atoms with Gasteiger partial charge in [-0.2, -0.15) is 0 Å². The Morgan fingerprint density at radius 2 is 1.58 bits per heavy atom. The first-order valence-corrected chi connectivity index (χ1v) is 7.76. The lowest BCUT2D eigenvalue weighted by molar-refractivity contribution is -0.141. The second kappa shape index (κ2) is 15.0. The summed E-state index contributed by atoms with van der Waals surface area (Å²) in [6.07, 6.45) is 18.1. The van der Waals surface area contributed by atoms with Crippen molar-refractivity contribution in [1.82, 2.24) is 0 Å². The van der Waals surface area contributed by atoms with Gasteiger partial charge >= 0.3 is 5.97 Å². The third-order valence-electron chi connectivity index (χ3n) is 2.89. The monoisotopic (exact) mass is 266 g/mol. The smallest absolute Gasteiger partial charge is 0.309 e. The molecule has 2 heteroatoms. The fourth-order valence-electron chi connectivity index (χ4n) is 1.72. The van der Waals surface area contributed by atoms with Gasteiger partial charge in [-0.3, -0.25) is 4.79 Å². The molecular weight excluding hydrogens is 236 g/mol. The predicted molar refractivity (Wildman–Crippen MR) is 82.1 cm³/mol. The Kier molecular flexibility index (Phi) is 14.2. The lowest BCUT2D eigenvalue weighted by atomic mass is 10.1. The van der Waals surface area contributed by atoms with Crippen molar-refractivity contribution >= 4 is 5.97 Å². The van der Waals surface area contributed by atoms with Crippen molar-refractivity contribution in [2.75, 3.05) is 6.61 Å². The zero-order valence-corrected chi connectivity index (χ0v) is 12.7. The molecule has 0 amide bonds. The highest BCUT2D eigenvalue weighted by Gasteiger charge is 1.96. The molecule has 0 bridgehead atoms. The molecule has 0 aromatic rings. The van der Waals surface area contributed by atoms with E-state index in [0.717, 1.165) is 19.3 Å². The highest BCUT2D eigenvalue weighted by molar-refractivity contribution is 5.71. The van der Waals surface area contributed by atoms with Crippen LogP contribution >= 0.6 is 0 Å². The second-order valence-corrected chi connectivity index (χ2v) is 4.82. The van der Waals surface area contributed by atoms with Gasteiger partial charge in [0.1, 0.15) is 6.61 Å². The maximum Gasteiger partial charge on any atom is 0.309 e. The van der Waals surface area contributed by atoms with Crippen molar-refractivity contribution in [1.29, 1.82) is 0 Å². The summed E-state index contributed by atoms with van der Waals surface area (Å²) in [6.45, 7) is 4.76. The minimum absolute atomic E-state index is 0.136. The van der Waals surface area contributed by atoms with Crippen LogP contribution in [-0.4, -0.2) is 12.6 Å². The van der Waals surface area contributed by atoms with Crippen LogP contribution in [0.1, 0.15) is 71.6 Å². The van der Waals surface area contributed by atoms with E-state index in [1.807, 2.05) is 12.2 Å². The minimum Gasteiger partial charge on any atom is -0.461 e. The molecule has 0 saturated carbocycles. The molecule has 0 heterocycles. The third kappa shape index (κ3) is 14.9. The van der Waals surface area contributed by atoms with E-state index in [1.165, 1.54) is 32.1 Å². The lowest BCUT2D eigenvalue weighted by Crippen LogP contribution is -2.02. The van der Waals surface area contributed by atoms with Gasteiger partial charge in [0.05, 0.1) is 6.42 Å². The van der Waals surface area contributed by atoms with E-state index in [9.17, 15) is 4.79 Å². The summed E-state index contributed by atoms with van der Waals surface area (Å²) < 4.78 is 5.07. The standard InChI is InChI=1S/C17H30O2/c1-3-5-7-9-10-11-12-13-15-17(18)19-16-14-8-6-4-2/h8,12-14H,3-7,9-11,15-16H2,1-2H3/b13-12+,14-8+. The average Bonchev–Trinajstić information content (AvgIpc) is 2.41. The Labute approximate surface area is 118 Å². The van der Waals surface area contributed by atoms with Gasteiger partial charge in [-0.15, -0.1) is 0 Å². The second-order valence-electron chi connectivity index (χ2n) is 4.82. The predicted octanol–water partition coefficient (Wildman–Crippen LogP) is 5.19. The fourth-order valence-corrected chi connectivity index (χ4v) is 1.72. The molecule has 0 radical (unpaired) electrons. The van der Waals surface area contributed by atoms with Crippen molar-refractivity contribution in [3.8, 4) is 0 Å². The van der Waals surface area contributed by atoms with E-state index >= 15 is 0 Å². The molecular formula is C17H30O2. The van der Waals surface area contributed by atoms with Crippen LogP contribution in [0.2, 0.25) is 0 Å². The molecule has 0 aromatic carbocycles. The van der Waals surface area contributed by atoms with E-state index in [1.54, 1.807) is 0 Å². The molecule has 0 unspecified atom stereocenters. The SMILES string of the molecule is CCC/C=C/COC(=O)C/C=C/CCCCCCC. The maximum atomic E-state index is 11.3. The summed E-state index contributed by atoms with van der Waals surface area (Å²) >= 11 is 0. The Morgan fingerprint density at radius 3 is 2.32 bits per heavy atom. The summed E-state index contributed by atoms with van der Waals surface area (Å²) in [7, 11) is 0. The third-order valence-corrected chi connectivity index (χ3v) is 2.89. The van der Waals surface area contributed by atoms with Crippen LogP contribution in [0.15, 0.2) is 24.3 Å². The normalized spacial score (nSPS) is 11.5. The Bertz CT molecular complexity index is 254. The number of ether oxygens (including phenoxy) is 1. The molecule has 0 N–H and O–H groups in total. The van der Waals surface area contributed by atoms with E-state index in [4.69, 9.17) is 4.74 Å². The van der Waals surface area contributed by atoms with Crippen LogP contribution in [0.3, 0.4) is 0 Å². The molecule has 0 aromatic heterocycles. The summed E-state index contributed by atoms with van der Waals surface area (Å²) in [4.78, 5) is 11.3. The van der Waals surface area contributed by atoms with Crippen molar-refractivity contribution < 1.29 is 9.53 Å². The zero-order chi connectivity index (χ0) is 14.2. The highest BCUT2D eigenvalue weighted by atomic mass is 16.5. The van der Waals surface area contributed by atoms with Crippen molar-refractivity contribution in [3.05, 3.63) is 24.3 Å². The summed E-state index contributed by atoms with van der Waals surface area (Å²) in [5.41, 5.74) is 0. The number of carbonyl (C=O) groups excluding carboxylic acids is 1. The van der Waals surface area contributed by atoms with Crippen LogP contribution in [0.4, 0.5) is 0 Å². The van der Waals surface area contributed by atoms with Gasteiger partial charge in [0.2, 0.25) is 0 Å². The van der Waals surface area contributed by atoms with Gasteiger partial charge in [0.15, 0.2) is 0 Å². The number of allylic oxidation sites excluding steroid dienone is 2. The number of unbranched alkanes of at least 4 members (excludes halogenated alkanes) is 6. The largest absolute Gasteiger partial charge is 0.461 e. The first-order valence-electron chi connectivity index (χ1n) is 7.76. The molecule has 0 saturated heterocycles. The van der Waals surface area contributed by atoms with E-state index in [0.29, 0.717) is 13.0 Å². The minimum atomic E-state index is -0.136. The Balaban J connectivity index is 3.36. The van der Waals surface area contributed by atoms with Gasteiger partial charge in [0, 0.05) is 0 Å². The van der Waals surface area contributed by atoms with E-state index in [2.05, 4.69) is 26.0 Å². The van der Waals surface area contributed by atoms with Crippen molar-refractivity contribution in [2.45, 2.75) is 71.6 Å². The van der Waals surface area contributed by atoms with Crippen molar-refractivity contribution in [3.63, 3.8) is 0 Å². The average molecular weight is 266 g/mol. The molecule has 19 heavy (non-hydrogen) atoms. The van der Waals surface area contributed by atoms with Gasteiger partial charge in [-0.1, -0.05) is 70.3 Å². The highest BCUT2D eigenvalue weighted by Crippen LogP contribution is 2.05. The lowest BCUT2D eigenvalue weighted by Gasteiger charge is -1.98. The molecule has 0 aliphatic heterocycles. The van der Waals surface area contributed by atoms with Gasteiger partial charge in [-0.05, 0) is 19.3 Å². The zero-order valence-electron chi connectivity index (χ0n) is 12.7. The molecule has 0 spiro atoms. The van der Waals surface area contributed by atoms with E-state index < -0.39 is 0 Å². The number of esters is 1. The van der Waals surface area contributed by atoms with Gasteiger partial charge in [-0.25, -0.2) is 0 Å². The molecule has 0 atom stereocenters. The van der Waals surface area contributed by atoms with E-state index in [-0.39, 0.29) is 5.97 Å². The van der Waals surface area contributed by atoms with Crippen LogP contribution in [-0.2, 0) is 9.53 Å². The fraction of sp³-hybridized carbons (Fsp3) is 0.706. The van der Waals surface area contributed by atoms with Crippen LogP contribution in [0, 0.1) is 0 Å². The Morgan fingerprint density at radius 1 is 0.842 bits per heavy atom. The Hall–Kier alpha value is -1.05. The van der Waals surface area contributed by atoms with Gasteiger partial charge < -0.3 is 4.74 Å². The topological polar surface area (TPSA) is 26.3 Å². The van der Waals surface area contributed by atoms with Crippen LogP contribution in [0.5, 0.6) is 0 Å². The molecule has 110 valence electrons. The van der Waals surface area contributed by atoms with Crippen LogP contribution < -0.4 is 0 Å². The summed E-state index contributed by atoms with van der Waals surface area (Å²) in [5.74, 6) is -0.136. The molecule has 2 nitrogen and oxygen atoms in total.